The topological polar surface area (TPSA) is 36.4 Å². The van der Waals surface area contributed by atoms with Gasteiger partial charge < -0.3 is 4.90 Å². The van der Waals surface area contributed by atoms with Crippen molar-refractivity contribution in [2.75, 3.05) is 26.2 Å². The molecule has 1 aliphatic heterocycles. The van der Waals surface area contributed by atoms with Gasteiger partial charge in [0.1, 0.15) is 9.88 Å². The van der Waals surface area contributed by atoms with Crippen molar-refractivity contribution < 1.29 is 4.79 Å². The van der Waals surface area contributed by atoms with Crippen LogP contribution in [0.25, 0.3) is 21.3 Å². The molecule has 4 rings (SSSR count). The van der Waals surface area contributed by atoms with Gasteiger partial charge in [-0.3, -0.25) is 9.69 Å². The molecule has 0 bridgehead atoms. The van der Waals surface area contributed by atoms with Crippen LogP contribution in [0.2, 0.25) is 0 Å². The molecule has 1 amide bonds. The van der Waals surface area contributed by atoms with Crippen LogP contribution in [0.1, 0.15) is 41.2 Å². The second-order valence-electron chi connectivity index (χ2n) is 7.82. The van der Waals surface area contributed by atoms with E-state index in [-0.39, 0.29) is 5.91 Å². The summed E-state index contributed by atoms with van der Waals surface area (Å²) < 4.78 is 0. The molecule has 1 aliphatic rings. The smallest absolute Gasteiger partial charge is 0.265 e. The van der Waals surface area contributed by atoms with E-state index in [0.717, 1.165) is 53.7 Å². The Morgan fingerprint density at radius 3 is 2.59 bits per heavy atom. The van der Waals surface area contributed by atoms with Crippen LogP contribution in [-0.2, 0) is 0 Å². The van der Waals surface area contributed by atoms with Gasteiger partial charge in [0.05, 0.1) is 5.69 Å². The maximum Gasteiger partial charge on any atom is 0.265 e. The summed E-state index contributed by atoms with van der Waals surface area (Å²) in [5, 5.41) is 3.37. The normalized spacial score (nSPS) is 16.9. The molecule has 0 spiro atoms. The van der Waals surface area contributed by atoms with Gasteiger partial charge in [0, 0.05) is 24.7 Å². The van der Waals surface area contributed by atoms with E-state index >= 15 is 0 Å². The van der Waals surface area contributed by atoms with Crippen LogP contribution in [-0.4, -0.2) is 52.9 Å². The quantitative estimate of drug-likeness (QED) is 0.588. The molecule has 1 saturated heterocycles. The molecule has 152 valence electrons. The highest BCUT2D eigenvalue weighted by molar-refractivity contribution is 7.17. The van der Waals surface area contributed by atoms with Crippen molar-refractivity contribution in [1.29, 1.82) is 0 Å². The van der Waals surface area contributed by atoms with Gasteiger partial charge in [0.25, 0.3) is 5.91 Å². The molecule has 2 aromatic carbocycles. The number of nitrogens with zero attached hydrogens (tertiary/aromatic N) is 3. The lowest BCUT2D eigenvalue weighted by atomic mass is 10.0. The number of aromatic nitrogens is 1. The predicted octanol–water partition coefficient (Wildman–Crippen LogP) is 5.14. The summed E-state index contributed by atoms with van der Waals surface area (Å²) >= 11 is 1.53. The second kappa shape index (κ2) is 8.25. The van der Waals surface area contributed by atoms with Gasteiger partial charge in [-0.15, -0.1) is 11.3 Å². The number of likely N-dealkylation sites (N-methyl/N-ethyl adjacent to an activating group) is 1. The lowest BCUT2D eigenvalue weighted by Gasteiger charge is -2.26. The maximum absolute atomic E-state index is 13.3. The van der Waals surface area contributed by atoms with Gasteiger partial charge in [-0.1, -0.05) is 50.2 Å². The molecule has 0 radical (unpaired) electrons. The molecule has 1 fully saturated rings. The number of amides is 1. The number of hydrogen-bond donors (Lipinski definition) is 0. The highest BCUT2D eigenvalue weighted by atomic mass is 32.1. The molecule has 5 heteroatoms. The second-order valence-corrected chi connectivity index (χ2v) is 8.82. The van der Waals surface area contributed by atoms with Gasteiger partial charge in [-0.2, -0.15) is 0 Å². The number of rotatable bonds is 5. The van der Waals surface area contributed by atoms with E-state index in [0.29, 0.717) is 6.04 Å². The van der Waals surface area contributed by atoms with Crippen molar-refractivity contribution >= 4 is 28.0 Å². The van der Waals surface area contributed by atoms with Crippen molar-refractivity contribution in [3.05, 3.63) is 52.5 Å². The van der Waals surface area contributed by atoms with Gasteiger partial charge in [-0.25, -0.2) is 4.98 Å². The zero-order valence-corrected chi connectivity index (χ0v) is 18.6. The molecule has 1 atom stereocenters. The Morgan fingerprint density at radius 1 is 1.14 bits per heavy atom. The van der Waals surface area contributed by atoms with E-state index in [1.807, 2.05) is 11.8 Å². The van der Waals surface area contributed by atoms with E-state index in [4.69, 9.17) is 4.98 Å². The number of likely N-dealkylation sites (tertiary alicyclic amines) is 1. The molecule has 3 aromatic rings. The average molecular weight is 408 g/mol. The summed E-state index contributed by atoms with van der Waals surface area (Å²) in [5.74, 6) is 0.136. The third-order valence-electron chi connectivity index (χ3n) is 6.14. The summed E-state index contributed by atoms with van der Waals surface area (Å²) in [6.07, 6.45) is 1.06. The van der Waals surface area contributed by atoms with E-state index in [1.54, 1.807) is 0 Å². The summed E-state index contributed by atoms with van der Waals surface area (Å²) in [6, 6.07) is 13.2. The number of thiazole rings is 1. The first-order valence-electron chi connectivity index (χ1n) is 10.5. The van der Waals surface area contributed by atoms with Crippen LogP contribution >= 0.6 is 11.3 Å². The van der Waals surface area contributed by atoms with Crippen LogP contribution in [0.4, 0.5) is 0 Å². The largest absolute Gasteiger partial charge is 0.336 e. The number of benzene rings is 2. The highest BCUT2D eigenvalue weighted by Crippen LogP contribution is 2.35. The molecule has 29 heavy (non-hydrogen) atoms. The minimum Gasteiger partial charge on any atom is -0.336 e. The fourth-order valence-electron chi connectivity index (χ4n) is 4.45. The highest BCUT2D eigenvalue weighted by Gasteiger charge is 2.31. The number of carbonyl (C=O) groups is 1. The summed E-state index contributed by atoms with van der Waals surface area (Å²) in [6.45, 7) is 12.2. The van der Waals surface area contributed by atoms with Gasteiger partial charge in [0.2, 0.25) is 0 Å². The van der Waals surface area contributed by atoms with Crippen molar-refractivity contribution in [1.82, 2.24) is 14.8 Å². The molecule has 1 unspecified atom stereocenters. The summed E-state index contributed by atoms with van der Waals surface area (Å²) in [4.78, 5) is 23.3. The third kappa shape index (κ3) is 3.69. The third-order valence-corrected chi connectivity index (χ3v) is 7.32. The lowest BCUT2D eigenvalue weighted by Crippen LogP contribution is -2.38. The molecule has 4 nitrogen and oxygen atoms in total. The van der Waals surface area contributed by atoms with Crippen LogP contribution in [0.5, 0.6) is 0 Å². The van der Waals surface area contributed by atoms with E-state index in [1.165, 1.54) is 27.7 Å². The maximum atomic E-state index is 13.3. The van der Waals surface area contributed by atoms with Crippen LogP contribution in [0, 0.1) is 13.8 Å². The molecule has 0 saturated carbocycles. The van der Waals surface area contributed by atoms with E-state index in [2.05, 4.69) is 62.1 Å². The lowest BCUT2D eigenvalue weighted by molar-refractivity contribution is 0.0782. The first-order chi connectivity index (χ1) is 14.0. The zero-order valence-electron chi connectivity index (χ0n) is 17.7. The van der Waals surface area contributed by atoms with Crippen molar-refractivity contribution in [2.24, 2.45) is 0 Å². The Kier molecular flexibility index (Phi) is 5.70. The van der Waals surface area contributed by atoms with E-state index in [9.17, 15) is 4.79 Å². The predicted molar refractivity (Wildman–Crippen MR) is 122 cm³/mol. The van der Waals surface area contributed by atoms with Crippen LogP contribution in [0.15, 0.2) is 36.4 Å². The Bertz CT molecular complexity index is 1040. The minimum atomic E-state index is 0.136. The van der Waals surface area contributed by atoms with Crippen LogP contribution in [0.3, 0.4) is 0 Å². The number of carbonyl (C=O) groups excluding carboxylic acids is 1. The number of aryl methyl sites for hydroxylation is 2. The number of fused-ring (bicyclic) bond motifs is 1. The monoisotopic (exact) mass is 407 g/mol. The van der Waals surface area contributed by atoms with Gasteiger partial charge >= 0.3 is 0 Å². The van der Waals surface area contributed by atoms with Crippen LogP contribution < -0.4 is 0 Å². The van der Waals surface area contributed by atoms with Crippen molar-refractivity contribution in [2.45, 2.75) is 40.2 Å². The Labute approximate surface area is 177 Å². The van der Waals surface area contributed by atoms with E-state index < -0.39 is 0 Å². The minimum absolute atomic E-state index is 0.136. The SMILES string of the molecule is CCN(CC)C1CCN(C(=O)c2sc(-c3ccc(C)c4ccccc34)nc2C)C1. The molecule has 0 aliphatic carbocycles. The molecule has 1 aromatic heterocycles. The number of hydrogen-bond acceptors (Lipinski definition) is 4. The first-order valence-corrected chi connectivity index (χ1v) is 11.3. The Hall–Kier alpha value is -2.24. The molecular weight excluding hydrogens is 378 g/mol. The molecule has 2 heterocycles. The van der Waals surface area contributed by atoms with Gasteiger partial charge in [0.15, 0.2) is 0 Å². The average Bonchev–Trinajstić information content (AvgIpc) is 3.36. The summed E-state index contributed by atoms with van der Waals surface area (Å²) in [5.41, 5.74) is 3.21. The first kappa shape index (κ1) is 20.0. The fourth-order valence-corrected chi connectivity index (χ4v) is 5.53. The standard InChI is InChI=1S/C24H29N3OS/c1-5-26(6-2)18-13-14-27(15-18)24(28)22-17(4)25-23(29-22)21-12-11-16(3)19-9-7-8-10-20(19)21/h7-12,18H,5-6,13-15H2,1-4H3. The Morgan fingerprint density at radius 2 is 1.86 bits per heavy atom. The van der Waals surface area contributed by atoms with Crippen molar-refractivity contribution in [3.8, 4) is 10.6 Å². The van der Waals surface area contributed by atoms with Crippen molar-refractivity contribution in [3.63, 3.8) is 0 Å². The van der Waals surface area contributed by atoms with Gasteiger partial charge in [-0.05, 0) is 49.7 Å². The molecule has 0 N–H and O–H groups in total. The zero-order chi connectivity index (χ0) is 20.5. The fraction of sp³-hybridized carbons (Fsp3) is 0.417. The Balaban J connectivity index is 1.63. The molecular formula is C24H29N3OS. The summed E-state index contributed by atoms with van der Waals surface area (Å²) in [7, 11) is 0.